The first-order valence-electron chi connectivity index (χ1n) is 11.6. The molecule has 2 aliphatic rings. The summed E-state index contributed by atoms with van der Waals surface area (Å²) < 4.78 is 0. The van der Waals surface area contributed by atoms with Crippen LogP contribution >= 0.6 is 0 Å². The molecule has 2 aliphatic heterocycles. The maximum atomic E-state index is 13.3. The lowest BCUT2D eigenvalue weighted by molar-refractivity contribution is -0.132. The number of aromatic nitrogens is 1. The molecule has 0 N–H and O–H groups in total. The minimum atomic E-state index is -0.0380. The fraction of sp³-hybridized carbons (Fsp3) is 0.560. The first-order chi connectivity index (χ1) is 15.0. The summed E-state index contributed by atoms with van der Waals surface area (Å²) in [6, 6.07) is 9.94. The second-order valence-corrected chi connectivity index (χ2v) is 9.22. The smallest absolute Gasteiger partial charge is 0.273 e. The molecule has 2 aromatic rings. The second kappa shape index (κ2) is 9.77. The van der Waals surface area contributed by atoms with Crippen LogP contribution in [-0.2, 0) is 4.79 Å². The van der Waals surface area contributed by atoms with Gasteiger partial charge in [0.15, 0.2) is 0 Å². The molecule has 4 rings (SSSR count). The van der Waals surface area contributed by atoms with Gasteiger partial charge in [-0.2, -0.15) is 0 Å². The van der Waals surface area contributed by atoms with Gasteiger partial charge in [0.05, 0.1) is 6.54 Å². The van der Waals surface area contributed by atoms with Gasteiger partial charge in [-0.05, 0) is 62.6 Å². The molecule has 0 spiro atoms. The van der Waals surface area contributed by atoms with E-state index >= 15 is 0 Å². The van der Waals surface area contributed by atoms with Gasteiger partial charge in [0.2, 0.25) is 5.91 Å². The molecule has 3 heterocycles. The van der Waals surface area contributed by atoms with Crippen molar-refractivity contribution < 1.29 is 9.59 Å². The molecule has 0 unspecified atom stereocenters. The molecule has 6 heteroatoms. The molecule has 31 heavy (non-hydrogen) atoms. The molecule has 2 amide bonds. The molecule has 0 aliphatic carbocycles. The van der Waals surface area contributed by atoms with Crippen LogP contribution in [0.1, 0.15) is 49.5 Å². The highest BCUT2D eigenvalue weighted by molar-refractivity contribution is 6.05. The third-order valence-corrected chi connectivity index (χ3v) is 7.03. The Morgan fingerprint density at radius 1 is 1.03 bits per heavy atom. The summed E-state index contributed by atoms with van der Waals surface area (Å²) in [6.45, 7) is 6.38. The number of hydrogen-bond acceptors (Lipinski definition) is 4. The molecule has 1 aromatic heterocycles. The van der Waals surface area contributed by atoms with Gasteiger partial charge in [-0.1, -0.05) is 31.2 Å². The summed E-state index contributed by atoms with van der Waals surface area (Å²) in [5.74, 6) is 0.971. The molecule has 0 bridgehead atoms. The van der Waals surface area contributed by atoms with Crippen LogP contribution in [-0.4, -0.2) is 77.3 Å². The number of nitrogens with zero attached hydrogens (tertiary/aromatic N) is 4. The molecular formula is C25H34N4O2. The molecule has 2 fully saturated rings. The van der Waals surface area contributed by atoms with Gasteiger partial charge in [-0.3, -0.25) is 19.5 Å². The van der Waals surface area contributed by atoms with Gasteiger partial charge in [0, 0.05) is 37.8 Å². The lowest BCUT2D eigenvalue weighted by Gasteiger charge is -2.31. The van der Waals surface area contributed by atoms with E-state index in [0.717, 1.165) is 55.6 Å². The predicted molar refractivity (Wildman–Crippen MR) is 123 cm³/mol. The van der Waals surface area contributed by atoms with Crippen molar-refractivity contribution in [2.75, 3.05) is 39.8 Å². The van der Waals surface area contributed by atoms with Gasteiger partial charge < -0.3 is 9.80 Å². The van der Waals surface area contributed by atoms with Crippen molar-refractivity contribution in [3.05, 3.63) is 42.2 Å². The largest absolute Gasteiger partial charge is 0.342 e. The molecule has 1 aromatic carbocycles. The summed E-state index contributed by atoms with van der Waals surface area (Å²) in [7, 11) is 1.88. The fourth-order valence-electron chi connectivity index (χ4n) is 4.85. The Bertz CT molecular complexity index is 917. The third kappa shape index (κ3) is 5.06. The Balaban J connectivity index is 1.36. The van der Waals surface area contributed by atoms with Crippen LogP contribution in [0.5, 0.6) is 0 Å². The lowest BCUT2D eigenvalue weighted by atomic mass is 9.99. The van der Waals surface area contributed by atoms with E-state index in [1.165, 1.54) is 12.8 Å². The lowest BCUT2D eigenvalue weighted by Crippen LogP contribution is -2.44. The second-order valence-electron chi connectivity index (χ2n) is 9.22. The van der Waals surface area contributed by atoms with E-state index < -0.39 is 0 Å². The highest BCUT2D eigenvalue weighted by atomic mass is 16.2. The van der Waals surface area contributed by atoms with Crippen molar-refractivity contribution in [1.82, 2.24) is 19.7 Å². The van der Waals surface area contributed by atoms with Crippen LogP contribution in [0.3, 0.4) is 0 Å². The average Bonchev–Trinajstić information content (AvgIpc) is 3.06. The van der Waals surface area contributed by atoms with Gasteiger partial charge in [-0.15, -0.1) is 0 Å². The molecule has 6 nitrogen and oxygen atoms in total. The van der Waals surface area contributed by atoms with E-state index in [4.69, 9.17) is 0 Å². The highest BCUT2D eigenvalue weighted by Crippen LogP contribution is 2.22. The number of fused-ring (bicyclic) bond motifs is 1. The average molecular weight is 423 g/mol. The van der Waals surface area contributed by atoms with Crippen LogP contribution in [0, 0.1) is 5.92 Å². The van der Waals surface area contributed by atoms with Crippen LogP contribution in [0.25, 0.3) is 10.8 Å². The van der Waals surface area contributed by atoms with Crippen molar-refractivity contribution in [3.8, 4) is 0 Å². The van der Waals surface area contributed by atoms with E-state index in [0.29, 0.717) is 18.8 Å². The predicted octanol–water partition coefficient (Wildman–Crippen LogP) is 3.42. The first-order valence-corrected chi connectivity index (χ1v) is 11.6. The number of likely N-dealkylation sites (tertiary alicyclic amines) is 2. The zero-order valence-electron chi connectivity index (χ0n) is 18.8. The molecule has 1 atom stereocenters. The summed E-state index contributed by atoms with van der Waals surface area (Å²) in [6.07, 6.45) is 6.73. The number of rotatable bonds is 4. The monoisotopic (exact) mass is 422 g/mol. The van der Waals surface area contributed by atoms with E-state index in [9.17, 15) is 9.59 Å². The van der Waals surface area contributed by atoms with E-state index in [1.54, 1.807) is 6.20 Å². The van der Waals surface area contributed by atoms with E-state index in [1.807, 2.05) is 47.2 Å². The van der Waals surface area contributed by atoms with Crippen molar-refractivity contribution in [2.24, 2.45) is 5.92 Å². The Morgan fingerprint density at radius 2 is 1.81 bits per heavy atom. The van der Waals surface area contributed by atoms with E-state index in [-0.39, 0.29) is 17.9 Å². The highest BCUT2D eigenvalue weighted by Gasteiger charge is 2.28. The molecule has 2 saturated heterocycles. The van der Waals surface area contributed by atoms with Crippen molar-refractivity contribution >= 4 is 22.6 Å². The third-order valence-electron chi connectivity index (χ3n) is 7.03. The fourth-order valence-corrected chi connectivity index (χ4v) is 4.85. The molecule has 0 saturated carbocycles. The molecule has 166 valence electrons. The maximum absolute atomic E-state index is 13.3. The molecular weight excluding hydrogens is 388 g/mol. The summed E-state index contributed by atoms with van der Waals surface area (Å²) in [5.41, 5.74) is 0.511. The number of piperidine rings is 1. The number of carbonyl (C=O) groups excluding carboxylic acids is 2. The van der Waals surface area contributed by atoms with Crippen LogP contribution in [0.4, 0.5) is 0 Å². The van der Waals surface area contributed by atoms with Crippen molar-refractivity contribution in [3.63, 3.8) is 0 Å². The Kier molecular flexibility index (Phi) is 6.86. The Hall–Kier alpha value is -2.47. The minimum Gasteiger partial charge on any atom is -0.342 e. The van der Waals surface area contributed by atoms with Gasteiger partial charge in [0.1, 0.15) is 5.69 Å². The normalized spacial score (nSPS) is 21.1. The summed E-state index contributed by atoms with van der Waals surface area (Å²) >= 11 is 0. The standard InChI is InChI=1S/C25H34N4O2/c1-19-10-15-28(16-11-19)18-23(30)29-14-5-7-21(12-17-29)27(2)25(31)24-22-8-4-3-6-20(22)9-13-26-24/h3-4,6,8-9,13,19,21H,5,7,10-12,14-18H2,1-2H3/t21-/m1/s1. The van der Waals surface area contributed by atoms with Gasteiger partial charge >= 0.3 is 0 Å². The van der Waals surface area contributed by atoms with Gasteiger partial charge in [-0.25, -0.2) is 0 Å². The summed E-state index contributed by atoms with van der Waals surface area (Å²) in [4.78, 5) is 36.7. The maximum Gasteiger partial charge on any atom is 0.273 e. The minimum absolute atomic E-state index is 0.0380. The molecule has 0 radical (unpaired) electrons. The number of amides is 2. The van der Waals surface area contributed by atoms with Crippen molar-refractivity contribution in [1.29, 1.82) is 0 Å². The van der Waals surface area contributed by atoms with Crippen molar-refractivity contribution in [2.45, 2.75) is 45.1 Å². The number of benzene rings is 1. The van der Waals surface area contributed by atoms with Crippen LogP contribution in [0.15, 0.2) is 36.5 Å². The van der Waals surface area contributed by atoms with Crippen LogP contribution in [0.2, 0.25) is 0 Å². The quantitative estimate of drug-likeness (QED) is 0.758. The Labute approximate surface area is 185 Å². The van der Waals surface area contributed by atoms with E-state index in [2.05, 4.69) is 16.8 Å². The number of carbonyl (C=O) groups is 2. The zero-order chi connectivity index (χ0) is 21.8. The number of hydrogen-bond donors (Lipinski definition) is 0. The van der Waals surface area contributed by atoms with Crippen LogP contribution < -0.4 is 0 Å². The van der Waals surface area contributed by atoms with Gasteiger partial charge in [0.25, 0.3) is 5.91 Å². The topological polar surface area (TPSA) is 56.8 Å². The Morgan fingerprint density at radius 3 is 2.61 bits per heavy atom. The number of pyridine rings is 1. The first kappa shape index (κ1) is 21.8. The summed E-state index contributed by atoms with van der Waals surface area (Å²) in [5, 5.41) is 1.92. The SMILES string of the molecule is CC1CCN(CC(=O)N2CCC[C@@H](N(C)C(=O)c3nccc4ccccc34)CC2)CC1. The zero-order valence-corrected chi connectivity index (χ0v) is 18.8.